The fourth-order valence-corrected chi connectivity index (χ4v) is 2.65. The second-order valence-corrected chi connectivity index (χ2v) is 4.91. The summed E-state index contributed by atoms with van der Waals surface area (Å²) in [5, 5.41) is 12.1. The SMILES string of the molecule is N/C(=N/O)c1ccc(Sc2ncco2)cc1Br. The molecule has 1 heterocycles. The van der Waals surface area contributed by atoms with Crippen molar-refractivity contribution in [3.8, 4) is 0 Å². The number of aromatic nitrogens is 1. The van der Waals surface area contributed by atoms with Crippen LogP contribution >= 0.6 is 27.7 Å². The molecule has 1 aromatic heterocycles. The average Bonchev–Trinajstić information content (AvgIpc) is 2.81. The standard InChI is InChI=1S/C10H8BrN3O2S/c11-8-5-6(17-10-13-3-4-16-10)1-2-7(8)9(12)14-15/h1-5,15H,(H2,12,14). The number of oxazole rings is 1. The van der Waals surface area contributed by atoms with E-state index in [1.54, 1.807) is 12.3 Å². The third-order valence-corrected chi connectivity index (χ3v) is 3.46. The monoisotopic (exact) mass is 313 g/mol. The predicted molar refractivity (Wildman–Crippen MR) is 67.3 cm³/mol. The van der Waals surface area contributed by atoms with Gasteiger partial charge < -0.3 is 15.4 Å². The van der Waals surface area contributed by atoms with E-state index in [1.165, 1.54) is 18.0 Å². The van der Waals surface area contributed by atoms with Crippen molar-refractivity contribution in [1.82, 2.24) is 4.98 Å². The van der Waals surface area contributed by atoms with Crippen molar-refractivity contribution in [2.75, 3.05) is 0 Å². The van der Waals surface area contributed by atoms with Crippen LogP contribution in [-0.4, -0.2) is 16.0 Å². The van der Waals surface area contributed by atoms with Crippen molar-refractivity contribution in [1.29, 1.82) is 0 Å². The minimum Gasteiger partial charge on any atom is -0.440 e. The van der Waals surface area contributed by atoms with Crippen LogP contribution in [0.5, 0.6) is 0 Å². The van der Waals surface area contributed by atoms with Gasteiger partial charge in [-0.15, -0.1) is 0 Å². The summed E-state index contributed by atoms with van der Waals surface area (Å²) in [5.41, 5.74) is 6.14. The van der Waals surface area contributed by atoms with E-state index in [4.69, 9.17) is 15.4 Å². The summed E-state index contributed by atoms with van der Waals surface area (Å²) in [5.74, 6) is 0.0598. The number of rotatable bonds is 3. The second kappa shape index (κ2) is 5.24. The Kier molecular flexibility index (Phi) is 3.70. The zero-order valence-corrected chi connectivity index (χ0v) is 10.9. The smallest absolute Gasteiger partial charge is 0.260 e. The van der Waals surface area contributed by atoms with Gasteiger partial charge in [-0.05, 0) is 45.9 Å². The highest BCUT2D eigenvalue weighted by atomic mass is 79.9. The Hall–Kier alpha value is -1.47. The summed E-state index contributed by atoms with van der Waals surface area (Å²) in [6, 6.07) is 5.44. The van der Waals surface area contributed by atoms with E-state index in [2.05, 4.69) is 26.1 Å². The molecule has 7 heteroatoms. The highest BCUT2D eigenvalue weighted by molar-refractivity contribution is 9.10. The number of amidine groups is 1. The van der Waals surface area contributed by atoms with Crippen LogP contribution in [0.1, 0.15) is 5.56 Å². The van der Waals surface area contributed by atoms with E-state index >= 15 is 0 Å². The van der Waals surface area contributed by atoms with Gasteiger partial charge in [-0.25, -0.2) is 4.98 Å². The van der Waals surface area contributed by atoms with E-state index in [-0.39, 0.29) is 5.84 Å². The fraction of sp³-hybridized carbons (Fsp3) is 0. The number of hydrogen-bond donors (Lipinski definition) is 2. The molecule has 17 heavy (non-hydrogen) atoms. The number of nitrogens with two attached hydrogens (primary N) is 1. The fourth-order valence-electron chi connectivity index (χ4n) is 1.18. The molecule has 0 fully saturated rings. The molecule has 0 saturated carbocycles. The van der Waals surface area contributed by atoms with Crippen molar-refractivity contribution >= 4 is 33.5 Å². The molecule has 88 valence electrons. The number of oxime groups is 1. The van der Waals surface area contributed by atoms with Gasteiger partial charge in [0.1, 0.15) is 6.26 Å². The lowest BCUT2D eigenvalue weighted by Crippen LogP contribution is -2.13. The quantitative estimate of drug-likeness (QED) is 0.394. The summed E-state index contributed by atoms with van der Waals surface area (Å²) < 4.78 is 5.86. The third kappa shape index (κ3) is 2.80. The van der Waals surface area contributed by atoms with Crippen molar-refractivity contribution in [3.63, 3.8) is 0 Å². The highest BCUT2D eigenvalue weighted by Gasteiger charge is 2.08. The van der Waals surface area contributed by atoms with E-state index in [0.29, 0.717) is 10.8 Å². The van der Waals surface area contributed by atoms with Crippen molar-refractivity contribution < 1.29 is 9.62 Å². The molecule has 0 atom stereocenters. The molecule has 3 N–H and O–H groups in total. The number of nitrogens with zero attached hydrogens (tertiary/aromatic N) is 2. The molecule has 0 spiro atoms. The van der Waals surface area contributed by atoms with Gasteiger partial charge in [0.2, 0.25) is 0 Å². The summed E-state index contributed by atoms with van der Waals surface area (Å²) >= 11 is 4.74. The Morgan fingerprint density at radius 2 is 2.35 bits per heavy atom. The summed E-state index contributed by atoms with van der Waals surface area (Å²) in [4.78, 5) is 4.95. The molecule has 0 aliphatic heterocycles. The number of hydrogen-bond acceptors (Lipinski definition) is 5. The lowest BCUT2D eigenvalue weighted by atomic mass is 10.2. The maximum atomic E-state index is 8.60. The third-order valence-electron chi connectivity index (χ3n) is 1.94. The minimum atomic E-state index is 0.0598. The lowest BCUT2D eigenvalue weighted by Gasteiger charge is -2.04. The van der Waals surface area contributed by atoms with Crippen LogP contribution < -0.4 is 5.73 Å². The average molecular weight is 314 g/mol. The van der Waals surface area contributed by atoms with E-state index in [1.807, 2.05) is 12.1 Å². The zero-order chi connectivity index (χ0) is 12.3. The first kappa shape index (κ1) is 12.0. The van der Waals surface area contributed by atoms with E-state index in [0.717, 1.165) is 9.37 Å². The first-order chi connectivity index (χ1) is 8.20. The summed E-state index contributed by atoms with van der Waals surface area (Å²) in [6.07, 6.45) is 3.10. The maximum Gasteiger partial charge on any atom is 0.260 e. The van der Waals surface area contributed by atoms with Gasteiger partial charge in [0.05, 0.1) is 6.20 Å². The number of benzene rings is 1. The Balaban J connectivity index is 2.25. The molecular weight excluding hydrogens is 306 g/mol. The first-order valence-corrected chi connectivity index (χ1v) is 6.16. The van der Waals surface area contributed by atoms with E-state index in [9.17, 15) is 0 Å². The van der Waals surface area contributed by atoms with Gasteiger partial charge in [0, 0.05) is 14.9 Å². The van der Waals surface area contributed by atoms with Crippen LogP contribution in [0.4, 0.5) is 0 Å². The molecule has 5 nitrogen and oxygen atoms in total. The minimum absolute atomic E-state index is 0.0598. The molecule has 2 aromatic rings. The van der Waals surface area contributed by atoms with Crippen LogP contribution in [0.2, 0.25) is 0 Å². The van der Waals surface area contributed by atoms with Gasteiger partial charge in [0.15, 0.2) is 5.84 Å². The summed E-state index contributed by atoms with van der Waals surface area (Å²) in [6.45, 7) is 0. The molecular formula is C10H8BrN3O2S. The van der Waals surface area contributed by atoms with E-state index < -0.39 is 0 Å². The molecule has 2 rings (SSSR count). The van der Waals surface area contributed by atoms with Crippen LogP contribution in [0.3, 0.4) is 0 Å². The Morgan fingerprint density at radius 3 is 2.94 bits per heavy atom. The summed E-state index contributed by atoms with van der Waals surface area (Å²) in [7, 11) is 0. The molecule has 0 saturated heterocycles. The van der Waals surface area contributed by atoms with Crippen molar-refractivity contribution in [2.45, 2.75) is 10.1 Å². The Morgan fingerprint density at radius 1 is 1.53 bits per heavy atom. The molecule has 0 amide bonds. The molecule has 0 aliphatic carbocycles. The lowest BCUT2D eigenvalue weighted by molar-refractivity contribution is 0.318. The molecule has 0 unspecified atom stereocenters. The van der Waals surface area contributed by atoms with Crippen LogP contribution in [0, 0.1) is 0 Å². The van der Waals surface area contributed by atoms with Gasteiger partial charge in [-0.2, -0.15) is 0 Å². The second-order valence-electron chi connectivity index (χ2n) is 3.03. The zero-order valence-electron chi connectivity index (χ0n) is 8.50. The van der Waals surface area contributed by atoms with Gasteiger partial charge in [0.25, 0.3) is 5.22 Å². The Labute approximate surface area is 110 Å². The van der Waals surface area contributed by atoms with Crippen molar-refractivity contribution in [3.05, 3.63) is 40.7 Å². The predicted octanol–water partition coefficient (Wildman–Crippen LogP) is 2.68. The van der Waals surface area contributed by atoms with Crippen LogP contribution in [0.15, 0.2) is 54.8 Å². The van der Waals surface area contributed by atoms with Gasteiger partial charge in [-0.3, -0.25) is 0 Å². The topological polar surface area (TPSA) is 84.6 Å². The molecule has 0 bridgehead atoms. The van der Waals surface area contributed by atoms with Gasteiger partial charge >= 0.3 is 0 Å². The van der Waals surface area contributed by atoms with Crippen LogP contribution in [0.25, 0.3) is 0 Å². The number of halogens is 1. The molecule has 1 aromatic carbocycles. The van der Waals surface area contributed by atoms with Crippen molar-refractivity contribution in [2.24, 2.45) is 10.9 Å². The maximum absolute atomic E-state index is 8.60. The first-order valence-electron chi connectivity index (χ1n) is 4.55. The van der Waals surface area contributed by atoms with Crippen LogP contribution in [-0.2, 0) is 0 Å². The highest BCUT2D eigenvalue weighted by Crippen LogP contribution is 2.29. The van der Waals surface area contributed by atoms with Gasteiger partial charge in [-0.1, -0.05) is 5.16 Å². The molecule has 0 radical (unpaired) electrons. The molecule has 0 aliphatic rings. The normalized spacial score (nSPS) is 11.7. The largest absolute Gasteiger partial charge is 0.440 e. The Bertz CT molecular complexity index is 542.